The summed E-state index contributed by atoms with van der Waals surface area (Å²) >= 11 is 6.00. The molecule has 0 spiro atoms. The minimum Gasteiger partial charge on any atom is -0.508 e. The van der Waals surface area contributed by atoms with E-state index in [9.17, 15) is 5.11 Å². The number of hydrogen-bond acceptors (Lipinski definition) is 2. The van der Waals surface area contributed by atoms with Crippen LogP contribution in [0.25, 0.3) is 28.1 Å². The van der Waals surface area contributed by atoms with E-state index in [1.807, 2.05) is 65.2 Å². The lowest BCUT2D eigenvalue weighted by molar-refractivity contribution is 0.476. The average molecular weight is 321 g/mol. The summed E-state index contributed by atoms with van der Waals surface area (Å²) in [6, 6.07) is 22.8. The Balaban J connectivity index is 2.05. The van der Waals surface area contributed by atoms with Crippen molar-refractivity contribution in [3.8, 4) is 22.8 Å². The van der Waals surface area contributed by atoms with Crippen LogP contribution in [0.2, 0.25) is 5.02 Å². The molecule has 23 heavy (non-hydrogen) atoms. The van der Waals surface area contributed by atoms with E-state index in [2.05, 4.69) is 0 Å². The topological polar surface area (TPSA) is 38.1 Å². The molecule has 1 heterocycles. The van der Waals surface area contributed by atoms with Gasteiger partial charge >= 0.3 is 0 Å². The van der Waals surface area contributed by atoms with Crippen molar-refractivity contribution in [1.29, 1.82) is 0 Å². The normalized spacial score (nSPS) is 11.0. The van der Waals surface area contributed by atoms with E-state index in [4.69, 9.17) is 16.6 Å². The van der Waals surface area contributed by atoms with E-state index >= 15 is 0 Å². The van der Waals surface area contributed by atoms with Gasteiger partial charge in [0.05, 0.1) is 11.0 Å². The number of benzene rings is 3. The molecule has 1 N–H and O–H groups in total. The number of rotatable bonds is 2. The van der Waals surface area contributed by atoms with Gasteiger partial charge in [0.25, 0.3) is 0 Å². The van der Waals surface area contributed by atoms with Crippen LogP contribution in [0, 0.1) is 0 Å². The molecule has 0 aliphatic carbocycles. The highest BCUT2D eigenvalue weighted by Gasteiger charge is 2.14. The van der Waals surface area contributed by atoms with Crippen LogP contribution in [0.1, 0.15) is 0 Å². The van der Waals surface area contributed by atoms with Gasteiger partial charge in [0.15, 0.2) is 0 Å². The fourth-order valence-corrected chi connectivity index (χ4v) is 2.82. The highest BCUT2D eigenvalue weighted by molar-refractivity contribution is 6.30. The first-order chi connectivity index (χ1) is 11.2. The summed E-state index contributed by atoms with van der Waals surface area (Å²) in [5.41, 5.74) is 3.65. The van der Waals surface area contributed by atoms with Crippen LogP contribution in [0.5, 0.6) is 5.75 Å². The zero-order chi connectivity index (χ0) is 15.8. The molecule has 3 aromatic carbocycles. The van der Waals surface area contributed by atoms with Gasteiger partial charge < -0.3 is 5.11 Å². The summed E-state index contributed by atoms with van der Waals surface area (Å²) in [7, 11) is 0. The molecule has 3 nitrogen and oxygen atoms in total. The number of hydrogen-bond donors (Lipinski definition) is 1. The molecule has 0 saturated carbocycles. The number of fused-ring (bicyclic) bond motifs is 1. The van der Waals surface area contributed by atoms with Gasteiger partial charge in [-0.3, -0.25) is 4.57 Å². The maximum Gasteiger partial charge on any atom is 0.145 e. The van der Waals surface area contributed by atoms with Gasteiger partial charge in [0.1, 0.15) is 11.6 Å². The first kappa shape index (κ1) is 13.9. The minimum atomic E-state index is 0.220. The molecule has 0 fully saturated rings. The van der Waals surface area contributed by atoms with Crippen molar-refractivity contribution in [1.82, 2.24) is 9.55 Å². The first-order valence-electron chi connectivity index (χ1n) is 7.25. The van der Waals surface area contributed by atoms with Crippen molar-refractivity contribution >= 4 is 22.6 Å². The van der Waals surface area contributed by atoms with Gasteiger partial charge in [-0.25, -0.2) is 4.98 Å². The molecule has 0 aliphatic heterocycles. The van der Waals surface area contributed by atoms with E-state index in [1.165, 1.54) is 0 Å². The Labute approximate surface area is 138 Å². The summed E-state index contributed by atoms with van der Waals surface area (Å²) in [4.78, 5) is 4.74. The molecule has 4 aromatic rings. The highest BCUT2D eigenvalue weighted by Crippen LogP contribution is 2.30. The summed E-state index contributed by atoms with van der Waals surface area (Å²) in [6.07, 6.45) is 0. The van der Waals surface area contributed by atoms with Crippen LogP contribution in [-0.2, 0) is 0 Å². The van der Waals surface area contributed by atoms with Gasteiger partial charge in [0.2, 0.25) is 0 Å². The molecular weight excluding hydrogens is 308 g/mol. The third-order valence-corrected chi connectivity index (χ3v) is 4.01. The Morgan fingerprint density at radius 1 is 0.870 bits per heavy atom. The molecule has 0 unspecified atom stereocenters. The van der Waals surface area contributed by atoms with Crippen LogP contribution >= 0.6 is 11.6 Å². The number of aromatic hydroxyl groups is 1. The van der Waals surface area contributed by atoms with E-state index in [-0.39, 0.29) is 5.75 Å². The molecule has 0 aliphatic rings. The second kappa shape index (κ2) is 5.45. The van der Waals surface area contributed by atoms with Crippen molar-refractivity contribution in [2.45, 2.75) is 0 Å². The van der Waals surface area contributed by atoms with Crippen molar-refractivity contribution in [2.24, 2.45) is 0 Å². The van der Waals surface area contributed by atoms with Crippen LogP contribution in [0.4, 0.5) is 0 Å². The number of imidazole rings is 1. The summed E-state index contributed by atoms with van der Waals surface area (Å²) in [5.74, 6) is 1.03. The Hall–Kier alpha value is -2.78. The van der Waals surface area contributed by atoms with Crippen LogP contribution in [-0.4, -0.2) is 14.7 Å². The zero-order valence-electron chi connectivity index (χ0n) is 12.1. The van der Waals surface area contributed by atoms with Crippen molar-refractivity contribution < 1.29 is 5.11 Å². The van der Waals surface area contributed by atoms with E-state index in [0.717, 1.165) is 28.1 Å². The molecule has 4 rings (SSSR count). The second-order valence-corrected chi connectivity index (χ2v) is 5.72. The lowest BCUT2D eigenvalue weighted by Gasteiger charge is -2.09. The van der Waals surface area contributed by atoms with Crippen molar-refractivity contribution in [2.75, 3.05) is 0 Å². The number of halogens is 1. The monoisotopic (exact) mass is 320 g/mol. The molecule has 0 atom stereocenters. The Kier molecular flexibility index (Phi) is 3.28. The summed E-state index contributed by atoms with van der Waals surface area (Å²) < 4.78 is 2.04. The van der Waals surface area contributed by atoms with Gasteiger partial charge in [0, 0.05) is 22.3 Å². The molecule has 0 bridgehead atoms. The minimum absolute atomic E-state index is 0.220. The second-order valence-electron chi connectivity index (χ2n) is 5.29. The van der Waals surface area contributed by atoms with Crippen LogP contribution < -0.4 is 0 Å². The number of aromatic nitrogens is 2. The summed E-state index contributed by atoms with van der Waals surface area (Å²) in [5, 5.41) is 10.5. The molecule has 0 saturated heterocycles. The number of nitrogens with zero attached hydrogens (tertiary/aromatic N) is 2. The highest BCUT2D eigenvalue weighted by atomic mass is 35.5. The van der Waals surface area contributed by atoms with E-state index < -0.39 is 0 Å². The van der Waals surface area contributed by atoms with Gasteiger partial charge in [-0.05, 0) is 48.5 Å². The maximum atomic E-state index is 9.86. The maximum absolute atomic E-state index is 9.86. The van der Waals surface area contributed by atoms with E-state index in [1.54, 1.807) is 12.1 Å². The Morgan fingerprint density at radius 2 is 1.61 bits per heavy atom. The van der Waals surface area contributed by atoms with E-state index in [0.29, 0.717) is 5.02 Å². The van der Waals surface area contributed by atoms with Gasteiger partial charge in [-0.1, -0.05) is 29.8 Å². The molecule has 1 aromatic heterocycles. The molecular formula is C19H13ClN2O. The number of para-hydroxylation sites is 1. The Bertz CT molecular complexity index is 976. The van der Waals surface area contributed by atoms with Gasteiger partial charge in [-0.15, -0.1) is 0 Å². The van der Waals surface area contributed by atoms with Crippen molar-refractivity contribution in [3.63, 3.8) is 0 Å². The first-order valence-corrected chi connectivity index (χ1v) is 7.63. The van der Waals surface area contributed by atoms with Crippen LogP contribution in [0.15, 0.2) is 72.8 Å². The SMILES string of the molecule is Oc1ccc2nc(-c3ccc(Cl)cc3)n(-c3ccccc3)c2c1. The number of phenols is 1. The fourth-order valence-electron chi connectivity index (χ4n) is 2.69. The molecule has 0 radical (unpaired) electrons. The summed E-state index contributed by atoms with van der Waals surface area (Å²) in [6.45, 7) is 0. The quantitative estimate of drug-likeness (QED) is 0.561. The zero-order valence-corrected chi connectivity index (χ0v) is 12.9. The average Bonchev–Trinajstić information content (AvgIpc) is 2.95. The van der Waals surface area contributed by atoms with Gasteiger partial charge in [-0.2, -0.15) is 0 Å². The fraction of sp³-hybridized carbons (Fsp3) is 0. The lowest BCUT2D eigenvalue weighted by atomic mass is 10.2. The smallest absolute Gasteiger partial charge is 0.145 e. The largest absolute Gasteiger partial charge is 0.508 e. The predicted molar refractivity (Wildman–Crippen MR) is 93.2 cm³/mol. The van der Waals surface area contributed by atoms with Crippen LogP contribution in [0.3, 0.4) is 0 Å². The third kappa shape index (κ3) is 2.45. The molecule has 112 valence electrons. The van der Waals surface area contributed by atoms with Crippen molar-refractivity contribution in [3.05, 3.63) is 77.8 Å². The molecule has 0 amide bonds. The standard InChI is InChI=1S/C19H13ClN2O/c20-14-8-6-13(7-9-14)19-21-17-11-10-16(23)12-18(17)22(19)15-4-2-1-3-5-15/h1-12,23H. The Morgan fingerprint density at radius 3 is 2.35 bits per heavy atom. The predicted octanol–water partition coefficient (Wildman–Crippen LogP) is 5.05. The third-order valence-electron chi connectivity index (χ3n) is 3.75. The number of phenolic OH excluding ortho intramolecular Hbond substituents is 1. The molecule has 4 heteroatoms. The lowest BCUT2D eigenvalue weighted by Crippen LogP contribution is -1.97.